The van der Waals surface area contributed by atoms with E-state index < -0.39 is 0 Å². The van der Waals surface area contributed by atoms with Crippen molar-refractivity contribution in [2.45, 2.75) is 6.54 Å². The highest BCUT2D eigenvalue weighted by atomic mass is 32.1. The third-order valence-electron chi connectivity index (χ3n) is 3.00. The van der Waals surface area contributed by atoms with Gasteiger partial charge in [-0.1, -0.05) is 0 Å². The second kappa shape index (κ2) is 4.86. The van der Waals surface area contributed by atoms with Crippen LogP contribution in [0.25, 0.3) is 10.6 Å². The summed E-state index contributed by atoms with van der Waals surface area (Å²) in [6.07, 6.45) is 0. The molecule has 5 heteroatoms. The Kier molecular flexibility index (Phi) is 3.24. The van der Waals surface area contributed by atoms with Gasteiger partial charge in [0.05, 0.1) is 5.69 Å². The smallest absolute Gasteiger partial charge is 0.124 e. The molecule has 1 saturated heterocycles. The number of nitrogens with zero attached hydrogens (tertiary/aromatic N) is 2. The number of hydrogen-bond donors (Lipinski definition) is 1. The molecule has 1 aliphatic rings. The monoisotopic (exact) mass is 266 g/mol. The van der Waals surface area contributed by atoms with Crippen LogP contribution >= 0.6 is 22.7 Å². The van der Waals surface area contributed by atoms with Gasteiger partial charge in [0.15, 0.2) is 0 Å². The second-order valence-corrected chi connectivity index (χ2v) is 6.04. The largest absolute Gasteiger partial charge is 0.396 e. The summed E-state index contributed by atoms with van der Waals surface area (Å²) in [6, 6.07) is 2.11. The number of aliphatic hydroxyl groups is 1. The number of thiazole rings is 1. The van der Waals surface area contributed by atoms with E-state index in [0.717, 1.165) is 30.3 Å². The highest BCUT2D eigenvalue weighted by molar-refractivity contribution is 7.14. The van der Waals surface area contributed by atoms with Crippen molar-refractivity contribution in [2.24, 2.45) is 5.92 Å². The van der Waals surface area contributed by atoms with Gasteiger partial charge in [-0.25, -0.2) is 4.98 Å². The molecule has 17 heavy (non-hydrogen) atoms. The highest BCUT2D eigenvalue weighted by Gasteiger charge is 2.26. The maximum Gasteiger partial charge on any atom is 0.124 e. The lowest BCUT2D eigenvalue weighted by atomic mass is 10.0. The Hall–Kier alpha value is -0.750. The fraction of sp³-hybridized carbons (Fsp3) is 0.417. The van der Waals surface area contributed by atoms with Gasteiger partial charge in [-0.2, -0.15) is 11.3 Å². The summed E-state index contributed by atoms with van der Waals surface area (Å²) in [4.78, 5) is 6.97. The molecule has 1 fully saturated rings. The molecule has 0 amide bonds. The van der Waals surface area contributed by atoms with Crippen LogP contribution in [0.3, 0.4) is 0 Å². The van der Waals surface area contributed by atoms with Crippen molar-refractivity contribution in [2.75, 3.05) is 19.7 Å². The van der Waals surface area contributed by atoms with Crippen molar-refractivity contribution in [3.63, 3.8) is 0 Å². The molecule has 0 saturated carbocycles. The van der Waals surface area contributed by atoms with E-state index in [1.54, 1.807) is 22.7 Å². The van der Waals surface area contributed by atoms with Crippen molar-refractivity contribution in [1.82, 2.24) is 9.88 Å². The third-order valence-corrected chi connectivity index (χ3v) is 4.62. The highest BCUT2D eigenvalue weighted by Crippen LogP contribution is 2.27. The number of hydrogen-bond acceptors (Lipinski definition) is 5. The van der Waals surface area contributed by atoms with Crippen molar-refractivity contribution in [1.29, 1.82) is 0 Å². The van der Waals surface area contributed by atoms with Gasteiger partial charge in [-0.3, -0.25) is 4.90 Å². The Morgan fingerprint density at radius 3 is 3.00 bits per heavy atom. The molecule has 0 spiro atoms. The SMILES string of the molecule is OCC1CN(Cc2csc(-c3ccsc3)n2)C1. The van der Waals surface area contributed by atoms with Crippen LogP contribution in [0.2, 0.25) is 0 Å². The van der Waals surface area contributed by atoms with Crippen molar-refractivity contribution < 1.29 is 5.11 Å². The molecule has 0 aliphatic carbocycles. The molecule has 2 aromatic heterocycles. The average molecular weight is 266 g/mol. The normalized spacial score (nSPS) is 17.2. The molecule has 0 atom stereocenters. The summed E-state index contributed by atoms with van der Waals surface area (Å²) in [5.41, 5.74) is 2.37. The van der Waals surface area contributed by atoms with E-state index in [9.17, 15) is 0 Å². The van der Waals surface area contributed by atoms with Gasteiger partial charge in [0.2, 0.25) is 0 Å². The van der Waals surface area contributed by atoms with Gasteiger partial charge < -0.3 is 5.11 Å². The van der Waals surface area contributed by atoms with E-state index in [0.29, 0.717) is 12.5 Å². The summed E-state index contributed by atoms with van der Waals surface area (Å²) in [7, 11) is 0. The molecule has 3 nitrogen and oxygen atoms in total. The van der Waals surface area contributed by atoms with Gasteiger partial charge in [0.1, 0.15) is 5.01 Å². The summed E-state index contributed by atoms with van der Waals surface area (Å²) < 4.78 is 0. The van der Waals surface area contributed by atoms with Crippen molar-refractivity contribution in [3.05, 3.63) is 27.9 Å². The Labute approximate surface area is 108 Å². The van der Waals surface area contributed by atoms with Crippen LogP contribution in [0, 0.1) is 5.92 Å². The van der Waals surface area contributed by atoms with Crippen LogP contribution in [0.1, 0.15) is 5.69 Å². The van der Waals surface area contributed by atoms with E-state index in [-0.39, 0.29) is 0 Å². The standard InChI is InChI=1S/C12H14N2OS2/c15-6-9-3-14(4-9)5-11-8-17-12(13-11)10-1-2-16-7-10/h1-2,7-9,15H,3-6H2. The summed E-state index contributed by atoms with van der Waals surface area (Å²) in [5.74, 6) is 0.477. The Morgan fingerprint density at radius 2 is 2.29 bits per heavy atom. The van der Waals surface area contributed by atoms with Crippen LogP contribution < -0.4 is 0 Å². The van der Waals surface area contributed by atoms with Crippen LogP contribution in [0.4, 0.5) is 0 Å². The number of aliphatic hydroxyl groups excluding tert-OH is 1. The molecule has 3 heterocycles. The molecular formula is C12H14N2OS2. The minimum absolute atomic E-state index is 0.313. The zero-order valence-corrected chi connectivity index (χ0v) is 11.0. The van der Waals surface area contributed by atoms with Gasteiger partial charge >= 0.3 is 0 Å². The molecule has 0 aromatic carbocycles. The average Bonchev–Trinajstić information content (AvgIpc) is 2.92. The lowest BCUT2D eigenvalue weighted by molar-refractivity contribution is 0.0471. The minimum atomic E-state index is 0.313. The lowest BCUT2D eigenvalue weighted by Crippen LogP contribution is -2.47. The van der Waals surface area contributed by atoms with E-state index in [1.165, 1.54) is 5.56 Å². The van der Waals surface area contributed by atoms with Crippen LogP contribution in [-0.4, -0.2) is 34.7 Å². The molecule has 0 unspecified atom stereocenters. The quantitative estimate of drug-likeness (QED) is 0.922. The van der Waals surface area contributed by atoms with Gasteiger partial charge in [0, 0.05) is 48.5 Å². The Morgan fingerprint density at radius 1 is 1.41 bits per heavy atom. The maximum absolute atomic E-state index is 8.96. The predicted octanol–water partition coefficient (Wildman–Crippen LogP) is 2.30. The molecule has 0 bridgehead atoms. The van der Waals surface area contributed by atoms with Crippen molar-refractivity contribution >= 4 is 22.7 Å². The molecule has 2 aromatic rings. The summed E-state index contributed by atoms with van der Waals surface area (Å²) in [6.45, 7) is 3.23. The first-order valence-corrected chi connectivity index (χ1v) is 7.47. The Balaban J connectivity index is 1.62. The Bertz CT molecular complexity index is 474. The second-order valence-electron chi connectivity index (χ2n) is 4.40. The molecule has 1 aliphatic heterocycles. The maximum atomic E-state index is 8.96. The third kappa shape index (κ3) is 2.42. The summed E-state index contributed by atoms with van der Waals surface area (Å²) >= 11 is 3.41. The molecule has 90 valence electrons. The first-order chi connectivity index (χ1) is 8.35. The first-order valence-electron chi connectivity index (χ1n) is 5.65. The van der Waals surface area contributed by atoms with E-state index in [4.69, 9.17) is 5.11 Å². The van der Waals surface area contributed by atoms with E-state index in [2.05, 4.69) is 32.1 Å². The van der Waals surface area contributed by atoms with Gasteiger partial charge in [-0.15, -0.1) is 11.3 Å². The zero-order valence-electron chi connectivity index (χ0n) is 9.37. The molecular weight excluding hydrogens is 252 g/mol. The van der Waals surface area contributed by atoms with Gasteiger partial charge in [0.25, 0.3) is 0 Å². The molecule has 0 radical (unpaired) electrons. The fourth-order valence-corrected chi connectivity index (χ4v) is 3.57. The lowest BCUT2D eigenvalue weighted by Gasteiger charge is -2.37. The van der Waals surface area contributed by atoms with Crippen LogP contribution in [-0.2, 0) is 6.54 Å². The minimum Gasteiger partial charge on any atom is -0.396 e. The predicted molar refractivity (Wildman–Crippen MR) is 71.3 cm³/mol. The number of rotatable bonds is 4. The number of thiophene rings is 1. The van der Waals surface area contributed by atoms with Gasteiger partial charge in [-0.05, 0) is 11.4 Å². The van der Waals surface area contributed by atoms with E-state index in [1.807, 2.05) is 0 Å². The van der Waals surface area contributed by atoms with Crippen LogP contribution in [0.15, 0.2) is 22.2 Å². The topological polar surface area (TPSA) is 36.4 Å². The van der Waals surface area contributed by atoms with Crippen LogP contribution in [0.5, 0.6) is 0 Å². The molecule has 1 N–H and O–H groups in total. The number of aromatic nitrogens is 1. The summed E-state index contributed by atoms with van der Waals surface area (Å²) in [5, 5.41) is 16.4. The zero-order chi connectivity index (χ0) is 11.7. The molecule has 3 rings (SSSR count). The first kappa shape index (κ1) is 11.3. The number of likely N-dealkylation sites (tertiary alicyclic amines) is 1. The van der Waals surface area contributed by atoms with E-state index >= 15 is 0 Å². The van der Waals surface area contributed by atoms with Crippen molar-refractivity contribution in [3.8, 4) is 10.6 Å². The fourth-order valence-electron chi connectivity index (χ4n) is 2.05.